The van der Waals surface area contributed by atoms with Crippen LogP contribution in [0, 0.1) is 11.8 Å². The summed E-state index contributed by atoms with van der Waals surface area (Å²) in [5, 5.41) is 15.0. The molecule has 8 heteroatoms. The van der Waals surface area contributed by atoms with Gasteiger partial charge in [0.2, 0.25) is 5.91 Å². The number of ketones is 1. The van der Waals surface area contributed by atoms with Crippen molar-refractivity contribution in [2.24, 2.45) is 5.73 Å². The van der Waals surface area contributed by atoms with Gasteiger partial charge >= 0.3 is 0 Å². The van der Waals surface area contributed by atoms with Gasteiger partial charge in [-0.1, -0.05) is 35.6 Å². The average molecular weight is 518 g/mol. The van der Waals surface area contributed by atoms with Crippen LogP contribution < -0.4 is 16.4 Å². The maximum atomic E-state index is 12.3. The third-order valence-electron chi connectivity index (χ3n) is 5.53. The summed E-state index contributed by atoms with van der Waals surface area (Å²) in [7, 11) is 0. The second-order valence-corrected chi connectivity index (χ2v) is 8.76. The molecular formula is C29H28ClN3O4. The number of aliphatic hydroxyl groups excluding tert-OH is 1. The molecule has 1 atom stereocenters. The third kappa shape index (κ3) is 8.89. The molecule has 0 saturated carbocycles. The van der Waals surface area contributed by atoms with Crippen LogP contribution in [0.4, 0.5) is 5.69 Å². The maximum Gasteiger partial charge on any atom is 0.251 e. The van der Waals surface area contributed by atoms with Gasteiger partial charge in [-0.25, -0.2) is 0 Å². The first-order valence-corrected chi connectivity index (χ1v) is 12.2. The van der Waals surface area contributed by atoms with E-state index in [-0.39, 0.29) is 12.5 Å². The van der Waals surface area contributed by atoms with Gasteiger partial charge in [-0.2, -0.15) is 0 Å². The van der Waals surface area contributed by atoms with E-state index >= 15 is 0 Å². The highest BCUT2D eigenvalue weighted by atomic mass is 35.5. The normalized spacial score (nSPS) is 11.1. The van der Waals surface area contributed by atoms with Crippen LogP contribution in [0.2, 0.25) is 5.02 Å². The number of rotatable bonds is 10. The third-order valence-corrected chi connectivity index (χ3v) is 5.79. The van der Waals surface area contributed by atoms with Crippen LogP contribution in [0.3, 0.4) is 0 Å². The molecule has 0 bridgehead atoms. The van der Waals surface area contributed by atoms with E-state index in [0.717, 1.165) is 24.0 Å². The zero-order valence-corrected chi connectivity index (χ0v) is 20.9. The Kier molecular flexibility index (Phi) is 10.4. The van der Waals surface area contributed by atoms with Crippen LogP contribution in [0.25, 0.3) is 0 Å². The van der Waals surface area contributed by atoms with E-state index in [2.05, 4.69) is 22.5 Å². The molecule has 0 radical (unpaired) electrons. The van der Waals surface area contributed by atoms with E-state index in [1.807, 2.05) is 36.4 Å². The largest absolute Gasteiger partial charge is 0.388 e. The highest BCUT2D eigenvalue weighted by Crippen LogP contribution is 2.13. The number of aliphatic hydroxyl groups is 1. The summed E-state index contributed by atoms with van der Waals surface area (Å²) in [4.78, 5) is 36.1. The number of Topliss-reactive ketones (excluding diaryl/α,β-unsaturated/α-hetero) is 1. The van der Waals surface area contributed by atoms with Crippen LogP contribution in [-0.2, 0) is 16.0 Å². The van der Waals surface area contributed by atoms with E-state index in [0.29, 0.717) is 28.3 Å². The lowest BCUT2D eigenvalue weighted by Gasteiger charge is -2.14. The second kappa shape index (κ2) is 14.0. The molecule has 3 aromatic rings. The molecule has 0 aliphatic rings. The Bertz CT molecular complexity index is 1280. The van der Waals surface area contributed by atoms with E-state index in [1.165, 1.54) is 0 Å². The number of halogens is 1. The molecule has 37 heavy (non-hydrogen) atoms. The Morgan fingerprint density at radius 1 is 0.892 bits per heavy atom. The summed E-state index contributed by atoms with van der Waals surface area (Å²) in [6, 6.07) is 20.5. The van der Waals surface area contributed by atoms with Gasteiger partial charge in [0.15, 0.2) is 5.78 Å². The first kappa shape index (κ1) is 27.6. The van der Waals surface area contributed by atoms with Crippen molar-refractivity contribution in [3.05, 3.63) is 100 Å². The lowest BCUT2D eigenvalue weighted by Crippen LogP contribution is -2.46. The van der Waals surface area contributed by atoms with E-state index in [4.69, 9.17) is 22.4 Å². The lowest BCUT2D eigenvalue weighted by atomic mass is 10.1. The number of nitrogens with two attached hydrogens (primary N) is 1. The minimum atomic E-state index is -0.931. The zero-order valence-electron chi connectivity index (χ0n) is 20.2. The van der Waals surface area contributed by atoms with Crippen molar-refractivity contribution < 1.29 is 19.5 Å². The maximum absolute atomic E-state index is 12.3. The van der Waals surface area contributed by atoms with Crippen LogP contribution in [-0.4, -0.2) is 41.9 Å². The summed E-state index contributed by atoms with van der Waals surface area (Å²) in [6.45, 7) is -0.781. The summed E-state index contributed by atoms with van der Waals surface area (Å²) < 4.78 is 0. The standard InChI is InChI=1S/C29H28ClN3O4/c30-24-14-8-20(9-15-24)2-1-3-28(36)32-25-16-10-22(11-17-25)5-4-21-6-12-23(13-7-21)29(37)33-26(18-31)27(35)19-34/h6-17,26,34H,1-3,18-19,31H2,(H,32,36)(H,33,37)/t26-/m0/s1. The van der Waals surface area contributed by atoms with Crippen LogP contribution in [0.1, 0.15) is 39.9 Å². The Morgan fingerprint density at radius 2 is 1.49 bits per heavy atom. The van der Waals surface area contributed by atoms with Crippen molar-refractivity contribution in [3.8, 4) is 11.8 Å². The highest BCUT2D eigenvalue weighted by Gasteiger charge is 2.18. The molecule has 2 amide bonds. The fraction of sp³-hybridized carbons (Fsp3) is 0.207. The molecule has 5 N–H and O–H groups in total. The first-order valence-electron chi connectivity index (χ1n) is 11.8. The Morgan fingerprint density at radius 3 is 2.05 bits per heavy atom. The van der Waals surface area contributed by atoms with Gasteiger partial charge in [-0.05, 0) is 79.1 Å². The smallest absolute Gasteiger partial charge is 0.251 e. The van der Waals surface area contributed by atoms with E-state index in [1.54, 1.807) is 36.4 Å². The molecule has 0 aliphatic carbocycles. The number of anilines is 1. The number of hydrogen-bond donors (Lipinski definition) is 4. The molecule has 0 aliphatic heterocycles. The van der Waals surface area contributed by atoms with Gasteiger partial charge in [-0.3, -0.25) is 14.4 Å². The molecule has 0 aromatic heterocycles. The number of nitrogens with one attached hydrogen (secondary N) is 2. The van der Waals surface area contributed by atoms with Crippen LogP contribution in [0.15, 0.2) is 72.8 Å². The number of benzene rings is 3. The fourth-order valence-corrected chi connectivity index (χ4v) is 3.56. The number of aryl methyl sites for hydroxylation is 1. The molecule has 7 nitrogen and oxygen atoms in total. The highest BCUT2D eigenvalue weighted by molar-refractivity contribution is 6.30. The summed E-state index contributed by atoms with van der Waals surface area (Å²) >= 11 is 5.89. The summed E-state index contributed by atoms with van der Waals surface area (Å²) in [6.07, 6.45) is 1.97. The zero-order chi connectivity index (χ0) is 26.6. The monoisotopic (exact) mass is 517 g/mol. The van der Waals surface area contributed by atoms with Gasteiger partial charge in [0.25, 0.3) is 5.91 Å². The average Bonchev–Trinajstić information content (AvgIpc) is 2.92. The van der Waals surface area contributed by atoms with Crippen molar-refractivity contribution in [3.63, 3.8) is 0 Å². The van der Waals surface area contributed by atoms with Crippen molar-refractivity contribution >= 4 is 34.9 Å². The molecule has 0 heterocycles. The SMILES string of the molecule is NC[C@H](NC(=O)c1ccc(C#Cc2ccc(NC(=O)CCCc3ccc(Cl)cc3)cc2)cc1)C(=O)CO. The molecule has 190 valence electrons. The molecule has 3 aromatic carbocycles. The topological polar surface area (TPSA) is 122 Å². The molecule has 0 fully saturated rings. The molecule has 3 rings (SSSR count). The Hall–Kier alpha value is -3.96. The Labute approximate surface area is 221 Å². The number of hydrogen-bond acceptors (Lipinski definition) is 5. The first-order chi connectivity index (χ1) is 17.9. The fourth-order valence-electron chi connectivity index (χ4n) is 3.44. The number of amides is 2. The Balaban J connectivity index is 1.48. The predicted octanol–water partition coefficient (Wildman–Crippen LogP) is 3.32. The minimum Gasteiger partial charge on any atom is -0.388 e. The van der Waals surface area contributed by atoms with Gasteiger partial charge in [0.1, 0.15) is 12.6 Å². The van der Waals surface area contributed by atoms with Crippen molar-refractivity contribution in [2.45, 2.75) is 25.3 Å². The second-order valence-electron chi connectivity index (χ2n) is 8.32. The van der Waals surface area contributed by atoms with Gasteiger partial charge in [0, 0.05) is 40.4 Å². The minimum absolute atomic E-state index is 0.0459. The van der Waals surface area contributed by atoms with E-state index < -0.39 is 24.3 Å². The van der Waals surface area contributed by atoms with Crippen molar-refractivity contribution in [2.75, 3.05) is 18.5 Å². The van der Waals surface area contributed by atoms with Gasteiger partial charge in [0.05, 0.1) is 0 Å². The number of carbonyl (C=O) groups is 3. The molecular weight excluding hydrogens is 490 g/mol. The van der Waals surface area contributed by atoms with Gasteiger partial charge < -0.3 is 21.5 Å². The number of carbonyl (C=O) groups excluding carboxylic acids is 3. The summed E-state index contributed by atoms with van der Waals surface area (Å²) in [5.74, 6) is 5.03. The molecule has 0 saturated heterocycles. The van der Waals surface area contributed by atoms with Gasteiger partial charge in [-0.15, -0.1) is 0 Å². The van der Waals surface area contributed by atoms with Crippen LogP contribution >= 0.6 is 11.6 Å². The lowest BCUT2D eigenvalue weighted by molar-refractivity contribution is -0.123. The molecule has 0 spiro atoms. The van der Waals surface area contributed by atoms with Crippen LogP contribution in [0.5, 0.6) is 0 Å². The molecule has 0 unspecified atom stereocenters. The van der Waals surface area contributed by atoms with Crippen molar-refractivity contribution in [1.29, 1.82) is 0 Å². The quantitative estimate of drug-likeness (QED) is 0.307. The summed E-state index contributed by atoms with van der Waals surface area (Å²) in [5.41, 5.74) is 9.16. The predicted molar refractivity (Wildman–Crippen MR) is 144 cm³/mol. The van der Waals surface area contributed by atoms with E-state index in [9.17, 15) is 14.4 Å². The van der Waals surface area contributed by atoms with Crippen molar-refractivity contribution in [1.82, 2.24) is 5.32 Å².